The lowest BCUT2D eigenvalue weighted by atomic mass is 10.4. The van der Waals surface area contributed by atoms with Crippen LogP contribution in [0.1, 0.15) is 36.3 Å². The Labute approximate surface area is 121 Å². The highest BCUT2D eigenvalue weighted by atomic mass is 32.1. The lowest BCUT2D eigenvalue weighted by Gasteiger charge is -2.17. The summed E-state index contributed by atoms with van der Waals surface area (Å²) in [6.45, 7) is 5.80. The normalized spacial score (nSPS) is 10.4. The number of carbonyl (C=O) groups excluding carboxylic acids is 2. The smallest absolute Gasteiger partial charge is 0.424 e. The van der Waals surface area contributed by atoms with Gasteiger partial charge in [-0.15, -0.1) is 11.3 Å². The molecule has 0 aliphatic carbocycles. The molecule has 0 radical (unpaired) electrons. The Bertz CT molecular complexity index is 461. The fourth-order valence-electron chi connectivity index (χ4n) is 1.30. The fourth-order valence-corrected chi connectivity index (χ4v) is 2.06. The third kappa shape index (κ3) is 5.14. The highest BCUT2D eigenvalue weighted by Gasteiger charge is 2.15. The topological polar surface area (TPSA) is 94.8 Å². The minimum absolute atomic E-state index is 0.219. The summed E-state index contributed by atoms with van der Waals surface area (Å²) in [7, 11) is 0. The summed E-state index contributed by atoms with van der Waals surface area (Å²) in [5.74, 6) is 5.13. The summed E-state index contributed by atoms with van der Waals surface area (Å²) in [5.41, 5.74) is 0.278. The van der Waals surface area contributed by atoms with Crippen molar-refractivity contribution in [3.63, 3.8) is 0 Å². The van der Waals surface area contributed by atoms with Crippen molar-refractivity contribution >= 4 is 23.4 Å². The van der Waals surface area contributed by atoms with Crippen molar-refractivity contribution in [1.29, 1.82) is 0 Å². The number of esters is 1. The van der Waals surface area contributed by atoms with Crippen LogP contribution in [0, 0.1) is 0 Å². The van der Waals surface area contributed by atoms with Gasteiger partial charge in [0.2, 0.25) is 0 Å². The molecule has 0 aromatic carbocycles. The van der Waals surface area contributed by atoms with Crippen molar-refractivity contribution in [1.82, 2.24) is 9.99 Å². The number of hydrazine groups is 1. The second-order valence-corrected chi connectivity index (χ2v) is 5.17. The van der Waals surface area contributed by atoms with Crippen LogP contribution in [0.2, 0.25) is 0 Å². The van der Waals surface area contributed by atoms with Gasteiger partial charge in [0.1, 0.15) is 0 Å². The molecule has 0 fully saturated rings. The average molecular weight is 301 g/mol. The molecule has 1 heterocycles. The van der Waals surface area contributed by atoms with Gasteiger partial charge in [0, 0.05) is 18.3 Å². The Kier molecular flexibility index (Phi) is 6.40. The Balaban J connectivity index is 2.46. The molecule has 0 atom stereocenters. The van der Waals surface area contributed by atoms with E-state index in [-0.39, 0.29) is 18.3 Å². The summed E-state index contributed by atoms with van der Waals surface area (Å²) in [5, 5.41) is 3.33. The van der Waals surface area contributed by atoms with E-state index in [0.717, 1.165) is 5.01 Å². The van der Waals surface area contributed by atoms with E-state index in [9.17, 15) is 9.59 Å². The van der Waals surface area contributed by atoms with E-state index in [1.807, 2.05) is 0 Å². The van der Waals surface area contributed by atoms with Gasteiger partial charge in [-0.05, 0) is 20.8 Å². The molecule has 8 heteroatoms. The maximum absolute atomic E-state index is 11.5. The summed E-state index contributed by atoms with van der Waals surface area (Å²) >= 11 is 1.33. The van der Waals surface area contributed by atoms with Gasteiger partial charge in [-0.25, -0.2) is 25.4 Å². The van der Waals surface area contributed by atoms with Gasteiger partial charge in [0.25, 0.3) is 0 Å². The SMILES string of the molecule is CCOC(=O)c1csc(CCN(N)C(=O)OC(C)C)n1. The first kappa shape index (κ1) is 16.4. The number of hydrogen-bond donors (Lipinski definition) is 1. The van der Waals surface area contributed by atoms with Crippen LogP contribution in [-0.4, -0.2) is 41.3 Å². The lowest BCUT2D eigenvalue weighted by Crippen LogP contribution is -2.40. The fraction of sp³-hybridized carbons (Fsp3) is 0.583. The Morgan fingerprint density at radius 2 is 2.20 bits per heavy atom. The van der Waals surface area contributed by atoms with Gasteiger partial charge in [-0.3, -0.25) is 0 Å². The number of hydrogen-bond acceptors (Lipinski definition) is 7. The second kappa shape index (κ2) is 7.81. The van der Waals surface area contributed by atoms with Crippen molar-refractivity contribution in [3.8, 4) is 0 Å². The average Bonchev–Trinajstić information content (AvgIpc) is 2.84. The van der Waals surface area contributed by atoms with Crippen LogP contribution in [0.15, 0.2) is 5.38 Å². The minimum atomic E-state index is -0.581. The lowest BCUT2D eigenvalue weighted by molar-refractivity contribution is 0.0519. The second-order valence-electron chi connectivity index (χ2n) is 4.22. The van der Waals surface area contributed by atoms with Crippen molar-refractivity contribution in [3.05, 3.63) is 16.1 Å². The molecule has 20 heavy (non-hydrogen) atoms. The van der Waals surface area contributed by atoms with Gasteiger partial charge >= 0.3 is 12.1 Å². The highest BCUT2D eigenvalue weighted by Crippen LogP contribution is 2.12. The van der Waals surface area contributed by atoms with Gasteiger partial charge in [0.05, 0.1) is 17.7 Å². The first-order valence-corrected chi connectivity index (χ1v) is 7.16. The van der Waals surface area contributed by atoms with Crippen LogP contribution in [0.4, 0.5) is 4.79 Å². The van der Waals surface area contributed by atoms with Gasteiger partial charge in [-0.2, -0.15) is 0 Å². The Morgan fingerprint density at radius 1 is 1.50 bits per heavy atom. The van der Waals surface area contributed by atoms with Gasteiger partial charge in [0.15, 0.2) is 5.69 Å². The van der Waals surface area contributed by atoms with Crippen LogP contribution in [-0.2, 0) is 15.9 Å². The van der Waals surface area contributed by atoms with Crippen molar-refractivity contribution in [2.75, 3.05) is 13.2 Å². The van der Waals surface area contributed by atoms with Crippen LogP contribution >= 0.6 is 11.3 Å². The van der Waals surface area contributed by atoms with Gasteiger partial charge < -0.3 is 9.47 Å². The summed E-state index contributed by atoms with van der Waals surface area (Å²) in [6.07, 6.45) is -0.348. The summed E-state index contributed by atoms with van der Waals surface area (Å²) < 4.78 is 9.79. The molecule has 1 aromatic heterocycles. The quantitative estimate of drug-likeness (QED) is 0.371. The zero-order valence-corrected chi connectivity index (χ0v) is 12.6. The molecule has 1 amide bonds. The van der Waals surface area contributed by atoms with E-state index in [0.29, 0.717) is 18.0 Å². The largest absolute Gasteiger partial charge is 0.461 e. The highest BCUT2D eigenvalue weighted by molar-refractivity contribution is 7.09. The van der Waals surface area contributed by atoms with E-state index in [4.69, 9.17) is 15.3 Å². The monoisotopic (exact) mass is 301 g/mol. The number of aromatic nitrogens is 1. The Morgan fingerprint density at radius 3 is 2.80 bits per heavy atom. The number of amides is 1. The van der Waals surface area contributed by atoms with Crippen LogP contribution in [0.5, 0.6) is 0 Å². The molecular weight excluding hydrogens is 282 g/mol. The Hall–Kier alpha value is -1.67. The van der Waals surface area contributed by atoms with Crippen LogP contribution in [0.25, 0.3) is 0 Å². The van der Waals surface area contributed by atoms with E-state index >= 15 is 0 Å². The summed E-state index contributed by atoms with van der Waals surface area (Å²) in [6, 6.07) is 0. The first-order valence-electron chi connectivity index (χ1n) is 6.28. The maximum Gasteiger partial charge on any atom is 0.424 e. The molecule has 0 unspecified atom stereocenters. The molecule has 1 aromatic rings. The number of ether oxygens (including phenoxy) is 2. The molecule has 0 aliphatic heterocycles. The maximum atomic E-state index is 11.5. The number of carbonyl (C=O) groups is 2. The number of nitrogens with two attached hydrogens (primary N) is 1. The standard InChI is InChI=1S/C12H19N3O4S/c1-4-18-11(16)9-7-20-10(14-9)5-6-15(13)12(17)19-8(2)3/h7-8H,4-6,13H2,1-3H3. The molecule has 0 saturated carbocycles. The first-order chi connectivity index (χ1) is 9.43. The molecule has 7 nitrogen and oxygen atoms in total. The predicted molar refractivity (Wildman–Crippen MR) is 74.3 cm³/mol. The third-order valence-corrected chi connectivity index (χ3v) is 3.08. The predicted octanol–water partition coefficient (Wildman–Crippen LogP) is 1.58. The van der Waals surface area contributed by atoms with Crippen molar-refractivity contribution in [2.24, 2.45) is 5.84 Å². The molecule has 0 saturated heterocycles. The third-order valence-electron chi connectivity index (χ3n) is 2.17. The van der Waals surface area contributed by atoms with Gasteiger partial charge in [-0.1, -0.05) is 0 Å². The molecule has 1 rings (SSSR count). The molecular formula is C12H19N3O4S. The number of rotatable bonds is 6. The summed E-state index contributed by atoms with van der Waals surface area (Å²) in [4.78, 5) is 27.0. The van der Waals surface area contributed by atoms with E-state index < -0.39 is 12.1 Å². The number of thiazole rings is 1. The van der Waals surface area contributed by atoms with Crippen molar-refractivity contribution in [2.45, 2.75) is 33.3 Å². The molecule has 0 aliphatic rings. The number of nitrogens with zero attached hydrogens (tertiary/aromatic N) is 2. The van der Waals surface area contributed by atoms with E-state index in [2.05, 4.69) is 4.98 Å². The minimum Gasteiger partial charge on any atom is -0.461 e. The molecule has 2 N–H and O–H groups in total. The van der Waals surface area contributed by atoms with Crippen LogP contribution in [0.3, 0.4) is 0 Å². The zero-order valence-electron chi connectivity index (χ0n) is 11.8. The van der Waals surface area contributed by atoms with Crippen molar-refractivity contribution < 1.29 is 19.1 Å². The molecule has 112 valence electrons. The van der Waals surface area contributed by atoms with Crippen LogP contribution < -0.4 is 5.84 Å². The molecule has 0 spiro atoms. The van der Waals surface area contributed by atoms with E-state index in [1.54, 1.807) is 26.2 Å². The zero-order chi connectivity index (χ0) is 15.1. The van der Waals surface area contributed by atoms with E-state index in [1.165, 1.54) is 11.3 Å². The molecule has 0 bridgehead atoms.